The van der Waals surface area contributed by atoms with Gasteiger partial charge in [-0.25, -0.2) is 9.97 Å². The first-order valence-electron chi connectivity index (χ1n) is 14.9. The number of rotatable bonds is 2. The fraction of sp³-hybridized carbons (Fsp3) is 0.645. The summed E-state index contributed by atoms with van der Waals surface area (Å²) < 4.78 is 54.7. The number of carbonyl (C=O) groups is 3. The van der Waals surface area contributed by atoms with Crippen LogP contribution in [0.25, 0.3) is 11.0 Å². The fourth-order valence-electron chi connectivity index (χ4n) is 6.11. The van der Waals surface area contributed by atoms with E-state index in [9.17, 15) is 27.6 Å². The van der Waals surface area contributed by atoms with E-state index in [1.54, 1.807) is 6.92 Å². The third-order valence-electron chi connectivity index (χ3n) is 8.80. The summed E-state index contributed by atoms with van der Waals surface area (Å²) in [5, 5.41) is 0. The molecule has 3 aliphatic rings. The number of esters is 1. The lowest BCUT2D eigenvalue weighted by Gasteiger charge is -2.34. The first-order chi connectivity index (χ1) is 20.2. The van der Waals surface area contributed by atoms with Crippen LogP contribution < -0.4 is 9.47 Å². The van der Waals surface area contributed by atoms with E-state index in [1.807, 2.05) is 20.8 Å². The molecule has 5 rings (SSSR count). The molecule has 43 heavy (non-hydrogen) atoms. The first-order valence-corrected chi connectivity index (χ1v) is 14.9. The quantitative estimate of drug-likeness (QED) is 0.330. The monoisotopic (exact) mass is 605 g/mol. The molecule has 1 aromatic carbocycles. The molecule has 1 aromatic heterocycles. The van der Waals surface area contributed by atoms with Crippen molar-refractivity contribution in [3.8, 4) is 11.6 Å². The number of alkyl halides is 3. The predicted octanol–water partition coefficient (Wildman–Crippen LogP) is 5.42. The molecule has 2 aliphatic heterocycles. The number of aromatic nitrogens is 2. The minimum Gasteiger partial charge on any atom is -0.471 e. The summed E-state index contributed by atoms with van der Waals surface area (Å²) in [5.41, 5.74) is 0.544. The molecule has 1 saturated carbocycles. The molecule has 9 nitrogen and oxygen atoms in total. The average Bonchev–Trinajstić information content (AvgIpc) is 3.56. The summed E-state index contributed by atoms with van der Waals surface area (Å²) in [4.78, 5) is 49.8. The van der Waals surface area contributed by atoms with E-state index in [0.29, 0.717) is 23.5 Å². The van der Waals surface area contributed by atoms with Crippen LogP contribution in [0.1, 0.15) is 71.9 Å². The Balaban J connectivity index is 1.49. The Morgan fingerprint density at radius 1 is 1.02 bits per heavy atom. The van der Waals surface area contributed by atoms with Crippen LogP contribution in [0.5, 0.6) is 11.6 Å². The van der Waals surface area contributed by atoms with Crippen molar-refractivity contribution in [2.75, 3.05) is 6.54 Å². The average molecular weight is 606 g/mol. The molecular formula is C31H38F3N3O6. The van der Waals surface area contributed by atoms with Crippen LogP contribution in [0.3, 0.4) is 0 Å². The van der Waals surface area contributed by atoms with Gasteiger partial charge in [-0.05, 0) is 49.1 Å². The lowest BCUT2D eigenvalue weighted by Crippen LogP contribution is -2.46. The fourth-order valence-corrected chi connectivity index (χ4v) is 6.11. The SMILES string of the molecule is C[C@@H]1[C@@H]2CN(C(=O)[C@H](C(C)(C)C)CC(=O)O[C@@H]3C[C@H]3CCCCCc3nc4ccc(OC(F)(F)F)cc4nc3O2)[C@@H]1C=O. The maximum Gasteiger partial charge on any atom is 0.573 e. The zero-order valence-corrected chi connectivity index (χ0v) is 24.9. The Kier molecular flexibility index (Phi) is 8.59. The minimum absolute atomic E-state index is 0.0755. The number of carbonyl (C=O) groups excluding carboxylic acids is 3. The van der Waals surface area contributed by atoms with Crippen molar-refractivity contribution in [2.45, 2.75) is 97.3 Å². The highest BCUT2D eigenvalue weighted by Gasteiger charge is 2.48. The molecule has 1 aliphatic carbocycles. The molecule has 0 unspecified atom stereocenters. The van der Waals surface area contributed by atoms with Crippen molar-refractivity contribution in [1.82, 2.24) is 14.9 Å². The van der Waals surface area contributed by atoms with Crippen molar-refractivity contribution >= 4 is 29.2 Å². The molecular weight excluding hydrogens is 567 g/mol. The number of amides is 1. The minimum atomic E-state index is -4.86. The Hall–Kier alpha value is -3.44. The van der Waals surface area contributed by atoms with Crippen molar-refractivity contribution in [2.24, 2.45) is 23.2 Å². The van der Waals surface area contributed by atoms with E-state index >= 15 is 0 Å². The third-order valence-corrected chi connectivity index (χ3v) is 8.80. The van der Waals surface area contributed by atoms with Crippen LogP contribution in [0, 0.1) is 23.2 Å². The van der Waals surface area contributed by atoms with Gasteiger partial charge < -0.3 is 23.9 Å². The highest BCUT2D eigenvalue weighted by molar-refractivity contribution is 5.87. The Bertz CT molecular complexity index is 1380. The molecule has 2 bridgehead atoms. The molecule has 0 N–H and O–H groups in total. The second kappa shape index (κ2) is 11.9. The first kappa shape index (κ1) is 31.0. The van der Waals surface area contributed by atoms with Crippen LogP contribution in [0.2, 0.25) is 0 Å². The molecule has 12 heteroatoms. The zero-order valence-electron chi connectivity index (χ0n) is 24.9. The summed E-state index contributed by atoms with van der Waals surface area (Å²) >= 11 is 0. The van der Waals surface area contributed by atoms with E-state index in [4.69, 9.17) is 9.47 Å². The Morgan fingerprint density at radius 2 is 1.79 bits per heavy atom. The van der Waals surface area contributed by atoms with Gasteiger partial charge in [0.15, 0.2) is 0 Å². The molecule has 2 aromatic rings. The Morgan fingerprint density at radius 3 is 2.49 bits per heavy atom. The van der Waals surface area contributed by atoms with Gasteiger partial charge in [0.05, 0.1) is 36.0 Å². The topological polar surface area (TPSA) is 108 Å². The smallest absolute Gasteiger partial charge is 0.471 e. The van der Waals surface area contributed by atoms with Gasteiger partial charge in [-0.15, -0.1) is 13.2 Å². The van der Waals surface area contributed by atoms with Crippen LogP contribution in [-0.4, -0.2) is 64.2 Å². The van der Waals surface area contributed by atoms with Gasteiger partial charge in [0, 0.05) is 12.0 Å². The highest BCUT2D eigenvalue weighted by atomic mass is 19.4. The third kappa shape index (κ3) is 7.21. The van der Waals surface area contributed by atoms with Crippen LogP contribution in [0.15, 0.2) is 18.2 Å². The lowest BCUT2D eigenvalue weighted by atomic mass is 9.77. The van der Waals surface area contributed by atoms with Crippen LogP contribution in [-0.2, 0) is 25.5 Å². The maximum atomic E-state index is 13.9. The van der Waals surface area contributed by atoms with Crippen molar-refractivity contribution in [3.63, 3.8) is 0 Å². The van der Waals surface area contributed by atoms with E-state index < -0.39 is 47.5 Å². The second-order valence-electron chi connectivity index (χ2n) is 13.1. The van der Waals surface area contributed by atoms with Gasteiger partial charge >= 0.3 is 12.3 Å². The largest absolute Gasteiger partial charge is 0.573 e. The van der Waals surface area contributed by atoms with Gasteiger partial charge in [-0.1, -0.05) is 40.5 Å². The van der Waals surface area contributed by atoms with E-state index in [0.717, 1.165) is 44.5 Å². The highest BCUT2D eigenvalue weighted by Crippen LogP contribution is 2.41. The van der Waals surface area contributed by atoms with Crippen molar-refractivity contribution < 1.29 is 41.8 Å². The van der Waals surface area contributed by atoms with Gasteiger partial charge in [-0.2, -0.15) is 0 Å². The molecule has 1 amide bonds. The normalized spacial score (nSPS) is 29.0. The zero-order chi connectivity index (χ0) is 31.1. The molecule has 234 valence electrons. The number of halogens is 3. The lowest BCUT2D eigenvalue weighted by molar-refractivity contribution is -0.274. The van der Waals surface area contributed by atoms with Crippen LogP contribution in [0.4, 0.5) is 13.2 Å². The second-order valence-corrected chi connectivity index (χ2v) is 13.1. The van der Waals surface area contributed by atoms with Gasteiger partial charge in [0.25, 0.3) is 0 Å². The van der Waals surface area contributed by atoms with Gasteiger partial charge in [-0.3, -0.25) is 9.59 Å². The number of hydrogen-bond acceptors (Lipinski definition) is 8. The van der Waals surface area contributed by atoms with E-state index in [-0.39, 0.29) is 36.4 Å². The summed E-state index contributed by atoms with van der Waals surface area (Å²) in [7, 11) is 0. The molecule has 2 fully saturated rings. The van der Waals surface area contributed by atoms with Crippen LogP contribution >= 0.6 is 0 Å². The van der Waals surface area contributed by atoms with E-state index in [2.05, 4.69) is 14.7 Å². The number of nitrogens with zero attached hydrogens (tertiary/aromatic N) is 3. The number of aldehydes is 1. The summed E-state index contributed by atoms with van der Waals surface area (Å²) in [5.74, 6) is -1.83. The number of benzene rings is 1. The molecule has 1 saturated heterocycles. The summed E-state index contributed by atoms with van der Waals surface area (Å²) in [6.07, 6.45) is -0.130. The number of fused-ring (bicyclic) bond motifs is 5. The molecule has 3 heterocycles. The summed E-state index contributed by atoms with van der Waals surface area (Å²) in [6, 6.07) is 2.99. The van der Waals surface area contributed by atoms with Gasteiger partial charge in [0.2, 0.25) is 11.8 Å². The predicted molar refractivity (Wildman–Crippen MR) is 149 cm³/mol. The summed E-state index contributed by atoms with van der Waals surface area (Å²) in [6.45, 7) is 7.52. The number of aryl methyl sites for hydroxylation is 1. The number of hydrogen-bond donors (Lipinski definition) is 0. The van der Waals surface area contributed by atoms with Gasteiger partial charge in [0.1, 0.15) is 29.9 Å². The molecule has 0 radical (unpaired) electrons. The van der Waals surface area contributed by atoms with E-state index in [1.165, 1.54) is 17.0 Å². The molecule has 6 atom stereocenters. The standard InChI is InChI=1S/C31H38F3N3O6/c1-17-24(16-38)37-15-26(17)42-28-22(35-21-11-10-19(13-23(21)36-28)43-31(32,33)34)9-7-5-6-8-18-12-25(18)41-27(39)14-20(29(37)40)30(2,3)4/h10-11,13,16-18,20,24-26H,5-9,12,14-15H2,1-4H3/t17-,18+,20+,24+,25+,26-/m0/s1. The van der Waals surface area contributed by atoms with Crippen molar-refractivity contribution in [1.29, 1.82) is 0 Å². The Labute approximate surface area is 248 Å². The number of ether oxygens (including phenoxy) is 3. The maximum absolute atomic E-state index is 13.9. The molecule has 0 spiro atoms. The van der Waals surface area contributed by atoms with Crippen molar-refractivity contribution in [3.05, 3.63) is 23.9 Å².